The van der Waals surface area contributed by atoms with Gasteiger partial charge in [0.05, 0.1) is 18.3 Å². The van der Waals surface area contributed by atoms with Crippen LogP contribution >= 0.6 is 0 Å². The van der Waals surface area contributed by atoms with Crippen LogP contribution in [-0.2, 0) is 4.74 Å². The Kier molecular flexibility index (Phi) is 5.11. The number of carbonyl (C=O) groups excluding carboxylic acids is 2. The summed E-state index contributed by atoms with van der Waals surface area (Å²) < 4.78 is 5.14. The van der Waals surface area contributed by atoms with Gasteiger partial charge in [-0.2, -0.15) is 0 Å². The van der Waals surface area contributed by atoms with Crippen LogP contribution in [-0.4, -0.2) is 41.2 Å². The molecular weight excluding hydrogens is 248 g/mol. The molecule has 0 saturated heterocycles. The number of nitrogens with one attached hydrogen (secondary N) is 2. The topological polar surface area (TPSA) is 91.4 Å². The fourth-order valence-corrected chi connectivity index (χ4v) is 1.81. The summed E-state index contributed by atoms with van der Waals surface area (Å²) in [6.07, 6.45) is -0.215. The standard InChI is InChI=1S/C13H20N2O4/c1-7(2)19-13(18)10-8(3)11(15-9(10)4)12(17)14-5-6-16/h7,15-16H,5-6H2,1-4H3,(H,14,17). The Morgan fingerprint density at radius 3 is 2.53 bits per heavy atom. The Bertz CT molecular complexity index is 477. The molecule has 6 nitrogen and oxygen atoms in total. The molecular formula is C13H20N2O4. The SMILES string of the molecule is Cc1[nH]c(C(=O)NCCO)c(C)c1C(=O)OC(C)C. The van der Waals surface area contributed by atoms with E-state index in [4.69, 9.17) is 9.84 Å². The van der Waals surface area contributed by atoms with E-state index in [0.29, 0.717) is 22.5 Å². The molecule has 0 radical (unpaired) electrons. The molecule has 19 heavy (non-hydrogen) atoms. The zero-order valence-electron chi connectivity index (χ0n) is 11.7. The van der Waals surface area contributed by atoms with Gasteiger partial charge in [0.15, 0.2) is 0 Å². The van der Waals surface area contributed by atoms with Gasteiger partial charge in [-0.3, -0.25) is 4.79 Å². The van der Waals surface area contributed by atoms with Gasteiger partial charge in [-0.05, 0) is 33.3 Å². The van der Waals surface area contributed by atoms with Crippen molar-refractivity contribution in [3.05, 3.63) is 22.5 Å². The quantitative estimate of drug-likeness (QED) is 0.692. The highest BCUT2D eigenvalue weighted by molar-refractivity contribution is 6.00. The number of rotatable bonds is 5. The van der Waals surface area contributed by atoms with E-state index in [2.05, 4.69) is 10.3 Å². The Hall–Kier alpha value is -1.82. The molecule has 0 bridgehead atoms. The second-order valence-corrected chi connectivity index (χ2v) is 4.56. The minimum atomic E-state index is -0.442. The van der Waals surface area contributed by atoms with E-state index in [1.807, 2.05) is 0 Å². The molecule has 0 aliphatic heterocycles. The predicted octanol–water partition coefficient (Wildman–Crippen LogP) is 0.919. The first-order valence-corrected chi connectivity index (χ1v) is 6.17. The number of aliphatic hydroxyl groups excluding tert-OH is 1. The van der Waals surface area contributed by atoms with E-state index < -0.39 is 5.97 Å². The van der Waals surface area contributed by atoms with Crippen LogP contribution < -0.4 is 5.32 Å². The first-order chi connectivity index (χ1) is 8.88. The van der Waals surface area contributed by atoms with E-state index in [9.17, 15) is 9.59 Å². The van der Waals surface area contributed by atoms with Crippen molar-refractivity contribution in [2.75, 3.05) is 13.2 Å². The second-order valence-electron chi connectivity index (χ2n) is 4.56. The second kappa shape index (κ2) is 6.38. The van der Waals surface area contributed by atoms with Crippen LogP contribution in [0.3, 0.4) is 0 Å². The summed E-state index contributed by atoms with van der Waals surface area (Å²) in [5, 5.41) is 11.2. The van der Waals surface area contributed by atoms with Gasteiger partial charge in [-0.15, -0.1) is 0 Å². The smallest absolute Gasteiger partial charge is 0.340 e. The van der Waals surface area contributed by atoms with Gasteiger partial charge in [0.1, 0.15) is 5.69 Å². The highest BCUT2D eigenvalue weighted by Gasteiger charge is 2.23. The summed E-state index contributed by atoms with van der Waals surface area (Å²) in [6, 6.07) is 0. The summed E-state index contributed by atoms with van der Waals surface area (Å²) in [4.78, 5) is 26.6. The van der Waals surface area contributed by atoms with Gasteiger partial charge in [-0.1, -0.05) is 0 Å². The molecule has 1 aromatic heterocycles. The lowest BCUT2D eigenvalue weighted by Gasteiger charge is -2.08. The molecule has 0 atom stereocenters. The summed E-state index contributed by atoms with van der Waals surface area (Å²) >= 11 is 0. The molecule has 0 fully saturated rings. The van der Waals surface area contributed by atoms with Crippen molar-refractivity contribution >= 4 is 11.9 Å². The molecule has 0 spiro atoms. The van der Waals surface area contributed by atoms with Gasteiger partial charge in [0.2, 0.25) is 0 Å². The van der Waals surface area contributed by atoms with Crippen LogP contribution in [0, 0.1) is 13.8 Å². The Labute approximate surface area is 112 Å². The van der Waals surface area contributed by atoms with Crippen molar-refractivity contribution in [3.63, 3.8) is 0 Å². The van der Waals surface area contributed by atoms with Crippen molar-refractivity contribution in [1.82, 2.24) is 10.3 Å². The maximum absolute atomic E-state index is 11.9. The summed E-state index contributed by atoms with van der Waals surface area (Å²) in [5.74, 6) is -0.791. The van der Waals surface area contributed by atoms with Gasteiger partial charge in [-0.25, -0.2) is 4.79 Å². The number of amides is 1. The third-order valence-corrected chi connectivity index (χ3v) is 2.61. The Morgan fingerprint density at radius 2 is 2.00 bits per heavy atom. The Morgan fingerprint density at radius 1 is 1.37 bits per heavy atom. The van der Waals surface area contributed by atoms with E-state index >= 15 is 0 Å². The third kappa shape index (κ3) is 3.57. The Balaban J connectivity index is 3.00. The number of H-pyrrole nitrogens is 1. The van der Waals surface area contributed by atoms with Crippen molar-refractivity contribution in [2.45, 2.75) is 33.8 Å². The molecule has 1 aromatic rings. The highest BCUT2D eigenvalue weighted by Crippen LogP contribution is 2.19. The number of aryl methyl sites for hydroxylation is 1. The number of carbonyl (C=O) groups is 2. The van der Waals surface area contributed by atoms with E-state index in [1.54, 1.807) is 27.7 Å². The van der Waals surface area contributed by atoms with Gasteiger partial charge in [0, 0.05) is 12.2 Å². The van der Waals surface area contributed by atoms with Crippen molar-refractivity contribution in [1.29, 1.82) is 0 Å². The number of aliphatic hydroxyl groups is 1. The van der Waals surface area contributed by atoms with Crippen LogP contribution in [0.25, 0.3) is 0 Å². The number of ether oxygens (including phenoxy) is 1. The van der Waals surface area contributed by atoms with Crippen LogP contribution in [0.15, 0.2) is 0 Å². The van der Waals surface area contributed by atoms with Crippen molar-refractivity contribution in [3.8, 4) is 0 Å². The molecule has 0 unspecified atom stereocenters. The molecule has 0 aromatic carbocycles. The monoisotopic (exact) mass is 268 g/mol. The maximum Gasteiger partial charge on any atom is 0.340 e. The number of aromatic nitrogens is 1. The summed E-state index contributed by atoms with van der Waals surface area (Å²) in [5.41, 5.74) is 1.86. The largest absolute Gasteiger partial charge is 0.459 e. The van der Waals surface area contributed by atoms with E-state index in [-0.39, 0.29) is 25.2 Å². The zero-order valence-corrected chi connectivity index (χ0v) is 11.7. The number of hydrogen-bond donors (Lipinski definition) is 3. The molecule has 0 aliphatic carbocycles. The van der Waals surface area contributed by atoms with E-state index in [0.717, 1.165) is 0 Å². The highest BCUT2D eigenvalue weighted by atomic mass is 16.5. The lowest BCUT2D eigenvalue weighted by molar-refractivity contribution is 0.0376. The fraction of sp³-hybridized carbons (Fsp3) is 0.538. The lowest BCUT2D eigenvalue weighted by Crippen LogP contribution is -2.27. The summed E-state index contributed by atoms with van der Waals surface area (Å²) in [7, 11) is 0. The predicted molar refractivity (Wildman–Crippen MR) is 70.2 cm³/mol. The van der Waals surface area contributed by atoms with Crippen LogP contribution in [0.5, 0.6) is 0 Å². The average molecular weight is 268 g/mol. The molecule has 0 aliphatic rings. The van der Waals surface area contributed by atoms with Crippen LogP contribution in [0.4, 0.5) is 0 Å². The van der Waals surface area contributed by atoms with E-state index in [1.165, 1.54) is 0 Å². The van der Waals surface area contributed by atoms with Crippen molar-refractivity contribution < 1.29 is 19.4 Å². The number of esters is 1. The molecule has 6 heteroatoms. The molecule has 1 rings (SSSR count). The molecule has 1 heterocycles. The van der Waals surface area contributed by atoms with Crippen LogP contribution in [0.1, 0.15) is 46.0 Å². The molecule has 1 amide bonds. The molecule has 0 saturated carbocycles. The first kappa shape index (κ1) is 15.2. The lowest BCUT2D eigenvalue weighted by atomic mass is 10.1. The number of hydrogen-bond acceptors (Lipinski definition) is 4. The van der Waals surface area contributed by atoms with Crippen molar-refractivity contribution in [2.24, 2.45) is 0 Å². The first-order valence-electron chi connectivity index (χ1n) is 6.17. The normalized spacial score (nSPS) is 10.6. The molecule has 3 N–H and O–H groups in total. The van der Waals surface area contributed by atoms with Crippen LogP contribution in [0.2, 0.25) is 0 Å². The molecule has 106 valence electrons. The average Bonchev–Trinajstić information content (AvgIpc) is 2.61. The third-order valence-electron chi connectivity index (χ3n) is 2.61. The summed E-state index contributed by atoms with van der Waals surface area (Å²) in [6.45, 7) is 6.98. The van der Waals surface area contributed by atoms with Gasteiger partial charge >= 0.3 is 5.97 Å². The minimum absolute atomic E-state index is 0.132. The zero-order chi connectivity index (χ0) is 14.6. The van der Waals surface area contributed by atoms with Gasteiger partial charge in [0.25, 0.3) is 5.91 Å². The minimum Gasteiger partial charge on any atom is -0.459 e. The maximum atomic E-state index is 11.9. The van der Waals surface area contributed by atoms with Gasteiger partial charge < -0.3 is 20.1 Å². The fourth-order valence-electron chi connectivity index (χ4n) is 1.81. The number of aromatic amines is 1.